The predicted octanol–water partition coefficient (Wildman–Crippen LogP) is 1.98. The van der Waals surface area contributed by atoms with Crippen LogP contribution in [0.4, 0.5) is 9.18 Å². The average Bonchev–Trinajstić information content (AvgIpc) is 2.40. The summed E-state index contributed by atoms with van der Waals surface area (Å²) in [6, 6.07) is 3.39. The molecule has 1 fully saturated rings. The van der Waals surface area contributed by atoms with Gasteiger partial charge in [0.05, 0.1) is 0 Å². The number of carbonyl (C=O) groups excluding carboxylic acids is 1. The molecular formula is C10H9ClFN3O. The van der Waals surface area contributed by atoms with Crippen LogP contribution in [0.15, 0.2) is 18.2 Å². The van der Waals surface area contributed by atoms with Gasteiger partial charge in [0, 0.05) is 10.6 Å². The minimum Gasteiger partial charge on any atom is -0.321 e. The highest BCUT2D eigenvalue weighted by Crippen LogP contribution is 2.30. The molecule has 0 saturated carbocycles. The molecule has 2 amide bonds. The largest absolute Gasteiger partial charge is 0.321 e. The van der Waals surface area contributed by atoms with Gasteiger partial charge in [0.1, 0.15) is 17.2 Å². The van der Waals surface area contributed by atoms with E-state index in [4.69, 9.17) is 17.0 Å². The van der Waals surface area contributed by atoms with Gasteiger partial charge in [0.25, 0.3) is 0 Å². The SMILES string of the molecule is CC1(c2ccc(F)cc2Cl)NC(=O)NC1=N. The van der Waals surface area contributed by atoms with Crippen molar-refractivity contribution >= 4 is 23.5 Å². The van der Waals surface area contributed by atoms with Gasteiger partial charge in [-0.3, -0.25) is 10.7 Å². The van der Waals surface area contributed by atoms with E-state index in [2.05, 4.69) is 10.6 Å². The summed E-state index contributed by atoms with van der Waals surface area (Å²) < 4.78 is 12.9. The molecule has 16 heavy (non-hydrogen) atoms. The first-order valence-corrected chi connectivity index (χ1v) is 4.95. The number of urea groups is 1. The highest BCUT2D eigenvalue weighted by Gasteiger charge is 2.41. The van der Waals surface area contributed by atoms with Gasteiger partial charge < -0.3 is 5.32 Å². The minimum atomic E-state index is -1.03. The molecule has 1 aliphatic rings. The fourth-order valence-electron chi connectivity index (χ4n) is 1.66. The number of amides is 2. The fourth-order valence-corrected chi connectivity index (χ4v) is 2.01. The maximum absolute atomic E-state index is 12.9. The van der Waals surface area contributed by atoms with Crippen LogP contribution in [0.2, 0.25) is 5.02 Å². The van der Waals surface area contributed by atoms with E-state index in [1.807, 2.05) is 0 Å². The van der Waals surface area contributed by atoms with E-state index in [0.29, 0.717) is 5.56 Å². The molecule has 1 heterocycles. The Bertz CT molecular complexity index is 491. The maximum atomic E-state index is 12.9. The quantitative estimate of drug-likeness (QED) is 0.692. The summed E-state index contributed by atoms with van der Waals surface area (Å²) in [5, 5.41) is 12.8. The van der Waals surface area contributed by atoms with Crippen LogP contribution in [-0.4, -0.2) is 11.9 Å². The summed E-state index contributed by atoms with van der Waals surface area (Å²) >= 11 is 5.90. The van der Waals surface area contributed by atoms with Crippen molar-refractivity contribution in [3.8, 4) is 0 Å². The van der Waals surface area contributed by atoms with Crippen molar-refractivity contribution in [3.05, 3.63) is 34.6 Å². The summed E-state index contributed by atoms with van der Waals surface area (Å²) in [5.74, 6) is -0.466. The summed E-state index contributed by atoms with van der Waals surface area (Å²) in [6.07, 6.45) is 0. The van der Waals surface area contributed by atoms with Gasteiger partial charge in [0.2, 0.25) is 0 Å². The van der Waals surface area contributed by atoms with Crippen molar-refractivity contribution in [2.45, 2.75) is 12.5 Å². The molecule has 3 N–H and O–H groups in total. The lowest BCUT2D eigenvalue weighted by Crippen LogP contribution is -2.40. The maximum Gasteiger partial charge on any atom is 0.321 e. The first-order chi connectivity index (χ1) is 7.43. The van der Waals surface area contributed by atoms with Crippen molar-refractivity contribution in [3.63, 3.8) is 0 Å². The molecule has 1 aliphatic heterocycles. The Hall–Kier alpha value is -1.62. The van der Waals surface area contributed by atoms with Crippen molar-refractivity contribution < 1.29 is 9.18 Å². The molecule has 2 rings (SSSR count). The first kappa shape index (κ1) is 10.9. The second-order valence-corrected chi connectivity index (χ2v) is 4.11. The van der Waals surface area contributed by atoms with Crippen LogP contribution in [0.5, 0.6) is 0 Å². The van der Waals surface area contributed by atoms with Crippen LogP contribution in [-0.2, 0) is 5.54 Å². The van der Waals surface area contributed by atoms with Crippen LogP contribution in [0.1, 0.15) is 12.5 Å². The Balaban J connectivity index is 2.51. The summed E-state index contributed by atoms with van der Waals surface area (Å²) in [4.78, 5) is 11.1. The van der Waals surface area contributed by atoms with Gasteiger partial charge in [-0.2, -0.15) is 0 Å². The van der Waals surface area contributed by atoms with Gasteiger partial charge in [-0.25, -0.2) is 9.18 Å². The predicted molar refractivity (Wildman–Crippen MR) is 58.2 cm³/mol. The number of amidine groups is 1. The first-order valence-electron chi connectivity index (χ1n) is 4.57. The third kappa shape index (κ3) is 1.53. The number of hydrogen-bond acceptors (Lipinski definition) is 2. The van der Waals surface area contributed by atoms with Gasteiger partial charge >= 0.3 is 6.03 Å². The second-order valence-electron chi connectivity index (χ2n) is 3.70. The molecule has 84 valence electrons. The number of hydrogen-bond donors (Lipinski definition) is 3. The highest BCUT2D eigenvalue weighted by atomic mass is 35.5. The standard InChI is InChI=1S/C10H9ClFN3O/c1-10(8(13)14-9(16)15-10)6-3-2-5(12)4-7(6)11/h2-4H,1H3,(H3,13,14,15,16). The Morgan fingerprint density at radius 3 is 2.69 bits per heavy atom. The second kappa shape index (κ2) is 3.45. The number of nitrogens with one attached hydrogen (secondary N) is 3. The molecule has 6 heteroatoms. The molecule has 1 unspecified atom stereocenters. The van der Waals surface area contributed by atoms with Crippen molar-refractivity contribution in [1.29, 1.82) is 5.41 Å². The fraction of sp³-hybridized carbons (Fsp3) is 0.200. The number of benzene rings is 1. The minimum absolute atomic E-state index is 0.00833. The smallest absolute Gasteiger partial charge is 0.321 e. The van der Waals surface area contributed by atoms with E-state index in [1.54, 1.807) is 6.92 Å². The zero-order chi connectivity index (χ0) is 11.9. The lowest BCUT2D eigenvalue weighted by molar-refractivity contribution is 0.245. The third-order valence-corrected chi connectivity index (χ3v) is 2.88. The number of rotatable bonds is 1. The van der Waals surface area contributed by atoms with Gasteiger partial charge in [-0.15, -0.1) is 0 Å². The van der Waals surface area contributed by atoms with E-state index in [9.17, 15) is 9.18 Å². The summed E-state index contributed by atoms with van der Waals surface area (Å²) in [7, 11) is 0. The number of halogens is 2. The van der Waals surface area contributed by atoms with Crippen molar-refractivity contribution in [1.82, 2.24) is 10.6 Å². The van der Waals surface area contributed by atoms with E-state index in [1.165, 1.54) is 12.1 Å². The normalized spacial score (nSPS) is 24.2. The van der Waals surface area contributed by atoms with Crippen LogP contribution in [0.25, 0.3) is 0 Å². The van der Waals surface area contributed by atoms with Crippen molar-refractivity contribution in [2.75, 3.05) is 0 Å². The molecule has 1 aromatic carbocycles. The molecule has 1 saturated heterocycles. The van der Waals surface area contributed by atoms with Gasteiger partial charge in [-0.1, -0.05) is 17.7 Å². The molecule has 1 aromatic rings. The third-order valence-electron chi connectivity index (χ3n) is 2.57. The lowest BCUT2D eigenvalue weighted by atomic mass is 9.92. The van der Waals surface area contributed by atoms with Crippen LogP contribution in [0.3, 0.4) is 0 Å². The summed E-state index contributed by atoms with van der Waals surface area (Å²) in [6.45, 7) is 1.63. The topological polar surface area (TPSA) is 65.0 Å². The highest BCUT2D eigenvalue weighted by molar-refractivity contribution is 6.32. The Morgan fingerprint density at radius 1 is 1.50 bits per heavy atom. The summed E-state index contributed by atoms with van der Waals surface area (Å²) in [5.41, 5.74) is -0.541. The lowest BCUT2D eigenvalue weighted by Gasteiger charge is -2.24. The number of carbonyl (C=O) groups is 1. The molecule has 0 radical (unpaired) electrons. The monoisotopic (exact) mass is 241 g/mol. The molecule has 1 atom stereocenters. The van der Waals surface area contributed by atoms with Crippen LogP contribution >= 0.6 is 11.6 Å². The molecule has 0 bridgehead atoms. The molecule has 4 nitrogen and oxygen atoms in total. The average molecular weight is 242 g/mol. The molecule has 0 spiro atoms. The van der Waals surface area contributed by atoms with E-state index in [0.717, 1.165) is 6.07 Å². The van der Waals surface area contributed by atoms with Crippen molar-refractivity contribution in [2.24, 2.45) is 0 Å². The van der Waals surface area contributed by atoms with E-state index in [-0.39, 0.29) is 10.9 Å². The Labute approximate surface area is 96.3 Å². The van der Waals surface area contributed by atoms with Crippen LogP contribution in [0, 0.1) is 11.2 Å². The zero-order valence-electron chi connectivity index (χ0n) is 8.40. The van der Waals surface area contributed by atoms with Crippen LogP contribution < -0.4 is 10.6 Å². The Kier molecular flexibility index (Phi) is 2.35. The molecular weight excluding hydrogens is 233 g/mol. The van der Waals surface area contributed by atoms with Gasteiger partial charge in [-0.05, 0) is 19.1 Å². The van der Waals surface area contributed by atoms with Gasteiger partial charge in [0.15, 0.2) is 0 Å². The van der Waals surface area contributed by atoms with E-state index >= 15 is 0 Å². The molecule has 0 aliphatic carbocycles. The zero-order valence-corrected chi connectivity index (χ0v) is 9.15. The molecule has 0 aromatic heterocycles. The van der Waals surface area contributed by atoms with E-state index < -0.39 is 17.4 Å². The Morgan fingerprint density at radius 2 is 2.19 bits per heavy atom.